The van der Waals surface area contributed by atoms with Gasteiger partial charge in [0.25, 0.3) is 0 Å². The SMILES string of the molecule is CC(C)=C[C@H](C)[C@H]1OC(=O)C=C1O. The molecule has 0 spiro atoms. The fraction of sp³-hybridized carbons (Fsp3) is 0.500. The lowest BCUT2D eigenvalue weighted by Crippen LogP contribution is -2.19. The maximum Gasteiger partial charge on any atom is 0.335 e. The van der Waals surface area contributed by atoms with Crippen LogP contribution < -0.4 is 0 Å². The minimum atomic E-state index is -0.498. The number of allylic oxidation sites excluding steroid dienone is 1. The number of ether oxygens (including phenoxy) is 1. The van der Waals surface area contributed by atoms with E-state index in [1.165, 1.54) is 0 Å². The Kier molecular flexibility index (Phi) is 2.76. The number of aliphatic hydroxyl groups is 1. The number of rotatable bonds is 2. The van der Waals surface area contributed by atoms with Crippen LogP contribution in [-0.4, -0.2) is 17.2 Å². The minimum absolute atomic E-state index is 0.0210. The van der Waals surface area contributed by atoms with Gasteiger partial charge in [-0.15, -0.1) is 0 Å². The van der Waals surface area contributed by atoms with Gasteiger partial charge in [0.15, 0.2) is 6.10 Å². The smallest absolute Gasteiger partial charge is 0.335 e. The van der Waals surface area contributed by atoms with Gasteiger partial charge in [0.2, 0.25) is 0 Å². The van der Waals surface area contributed by atoms with Crippen molar-refractivity contribution in [2.45, 2.75) is 26.9 Å². The lowest BCUT2D eigenvalue weighted by molar-refractivity contribution is -0.140. The molecule has 0 aromatic carbocycles. The molecule has 1 aliphatic heterocycles. The number of cyclic esters (lactones) is 1. The van der Waals surface area contributed by atoms with Gasteiger partial charge in [0.1, 0.15) is 5.76 Å². The highest BCUT2D eigenvalue weighted by atomic mass is 16.6. The van der Waals surface area contributed by atoms with E-state index in [2.05, 4.69) is 0 Å². The van der Waals surface area contributed by atoms with Crippen molar-refractivity contribution in [2.75, 3.05) is 0 Å². The summed E-state index contributed by atoms with van der Waals surface area (Å²) < 4.78 is 4.91. The number of hydrogen-bond donors (Lipinski definition) is 1. The van der Waals surface area contributed by atoms with Crippen molar-refractivity contribution >= 4 is 5.97 Å². The minimum Gasteiger partial charge on any atom is -0.508 e. The van der Waals surface area contributed by atoms with Crippen molar-refractivity contribution in [1.29, 1.82) is 0 Å². The van der Waals surface area contributed by atoms with E-state index in [0.29, 0.717) is 0 Å². The van der Waals surface area contributed by atoms with Crippen LogP contribution in [0.2, 0.25) is 0 Å². The molecule has 2 atom stereocenters. The molecule has 1 aliphatic rings. The molecule has 0 aliphatic carbocycles. The van der Waals surface area contributed by atoms with E-state index in [9.17, 15) is 9.90 Å². The summed E-state index contributed by atoms with van der Waals surface area (Å²) in [5.41, 5.74) is 1.14. The molecule has 1 rings (SSSR count). The number of esters is 1. The first-order valence-electron chi connectivity index (χ1n) is 4.27. The summed E-state index contributed by atoms with van der Waals surface area (Å²) in [5.74, 6) is -0.417. The van der Waals surface area contributed by atoms with E-state index in [-0.39, 0.29) is 11.7 Å². The predicted molar refractivity (Wildman–Crippen MR) is 49.2 cm³/mol. The Morgan fingerprint density at radius 2 is 2.31 bits per heavy atom. The zero-order valence-electron chi connectivity index (χ0n) is 8.07. The van der Waals surface area contributed by atoms with Crippen molar-refractivity contribution < 1.29 is 14.6 Å². The summed E-state index contributed by atoms with van der Waals surface area (Å²) in [6, 6.07) is 0. The Balaban J connectivity index is 2.70. The van der Waals surface area contributed by atoms with E-state index in [1.54, 1.807) is 0 Å². The summed E-state index contributed by atoms with van der Waals surface area (Å²) in [5, 5.41) is 9.33. The first-order valence-corrected chi connectivity index (χ1v) is 4.27. The highest BCUT2D eigenvalue weighted by Gasteiger charge is 2.29. The predicted octanol–water partition coefficient (Wildman–Crippen LogP) is 1.96. The van der Waals surface area contributed by atoms with Crippen LogP contribution in [0.5, 0.6) is 0 Å². The molecule has 0 aromatic rings. The molecule has 3 nitrogen and oxygen atoms in total. The number of aliphatic hydroxyl groups excluding tert-OH is 1. The monoisotopic (exact) mass is 182 g/mol. The summed E-state index contributed by atoms with van der Waals surface area (Å²) in [6.07, 6.45) is 2.59. The second-order valence-electron chi connectivity index (χ2n) is 3.53. The van der Waals surface area contributed by atoms with E-state index in [4.69, 9.17) is 4.74 Å². The second-order valence-corrected chi connectivity index (χ2v) is 3.53. The molecule has 0 saturated carbocycles. The van der Waals surface area contributed by atoms with Crippen LogP contribution in [0.3, 0.4) is 0 Å². The fourth-order valence-electron chi connectivity index (χ4n) is 1.41. The molecular formula is C10H14O3. The van der Waals surface area contributed by atoms with Crippen LogP contribution >= 0.6 is 0 Å². The average Bonchev–Trinajstić information content (AvgIpc) is 2.28. The van der Waals surface area contributed by atoms with Gasteiger partial charge >= 0.3 is 5.97 Å². The first-order chi connectivity index (χ1) is 6.00. The van der Waals surface area contributed by atoms with Crippen molar-refractivity contribution in [3.8, 4) is 0 Å². The zero-order valence-corrected chi connectivity index (χ0v) is 8.07. The van der Waals surface area contributed by atoms with E-state index >= 15 is 0 Å². The molecule has 1 N–H and O–H groups in total. The van der Waals surface area contributed by atoms with Crippen LogP contribution in [0.1, 0.15) is 20.8 Å². The molecule has 0 saturated heterocycles. The lowest BCUT2D eigenvalue weighted by Gasteiger charge is -2.15. The van der Waals surface area contributed by atoms with Crippen LogP contribution in [0.4, 0.5) is 0 Å². The van der Waals surface area contributed by atoms with E-state index < -0.39 is 12.1 Å². The summed E-state index contributed by atoms with van der Waals surface area (Å²) in [7, 11) is 0. The Hall–Kier alpha value is -1.25. The van der Waals surface area contributed by atoms with E-state index in [1.807, 2.05) is 26.8 Å². The first kappa shape index (κ1) is 9.84. The topological polar surface area (TPSA) is 46.5 Å². The summed E-state index contributed by atoms with van der Waals surface area (Å²) in [4.78, 5) is 10.8. The molecule has 13 heavy (non-hydrogen) atoms. The van der Waals surface area contributed by atoms with Crippen LogP contribution in [0.15, 0.2) is 23.5 Å². The largest absolute Gasteiger partial charge is 0.508 e. The van der Waals surface area contributed by atoms with Crippen molar-refractivity contribution in [1.82, 2.24) is 0 Å². The van der Waals surface area contributed by atoms with Crippen LogP contribution in [0, 0.1) is 5.92 Å². The van der Waals surface area contributed by atoms with Gasteiger partial charge in [0, 0.05) is 5.92 Å². The molecule has 3 heteroatoms. The molecule has 0 unspecified atom stereocenters. The second kappa shape index (κ2) is 3.64. The molecule has 1 heterocycles. The standard InChI is InChI=1S/C10H14O3/c1-6(2)4-7(3)10-8(11)5-9(12)13-10/h4-5,7,10-11H,1-3H3/t7-,10+/m0/s1. The highest BCUT2D eigenvalue weighted by molar-refractivity contribution is 5.85. The maximum absolute atomic E-state index is 10.8. The normalized spacial score (nSPS) is 23.5. The molecule has 0 aromatic heterocycles. The van der Waals surface area contributed by atoms with Gasteiger partial charge in [-0.25, -0.2) is 4.79 Å². The third kappa shape index (κ3) is 2.34. The van der Waals surface area contributed by atoms with E-state index in [0.717, 1.165) is 11.6 Å². The molecule has 0 amide bonds. The van der Waals surface area contributed by atoms with Crippen LogP contribution in [-0.2, 0) is 9.53 Å². The van der Waals surface area contributed by atoms with Gasteiger partial charge in [-0.05, 0) is 13.8 Å². The molecule has 0 fully saturated rings. The molecule has 72 valence electrons. The van der Waals surface area contributed by atoms with Crippen molar-refractivity contribution in [3.63, 3.8) is 0 Å². The lowest BCUT2D eigenvalue weighted by atomic mass is 10.0. The quantitative estimate of drug-likeness (QED) is 0.524. The summed E-state index contributed by atoms with van der Waals surface area (Å²) in [6.45, 7) is 5.84. The van der Waals surface area contributed by atoms with Gasteiger partial charge in [0.05, 0.1) is 6.08 Å². The molecule has 0 radical (unpaired) electrons. The Morgan fingerprint density at radius 3 is 2.69 bits per heavy atom. The molecular weight excluding hydrogens is 168 g/mol. The average molecular weight is 182 g/mol. The molecule has 0 bridgehead atoms. The third-order valence-corrected chi connectivity index (χ3v) is 1.87. The van der Waals surface area contributed by atoms with Crippen LogP contribution in [0.25, 0.3) is 0 Å². The van der Waals surface area contributed by atoms with Gasteiger partial charge < -0.3 is 9.84 Å². The summed E-state index contributed by atoms with van der Waals surface area (Å²) >= 11 is 0. The number of carbonyl (C=O) groups is 1. The number of carbonyl (C=O) groups excluding carboxylic acids is 1. The fourth-order valence-corrected chi connectivity index (χ4v) is 1.41. The van der Waals surface area contributed by atoms with Gasteiger partial charge in [-0.3, -0.25) is 0 Å². The Morgan fingerprint density at radius 1 is 1.69 bits per heavy atom. The third-order valence-electron chi connectivity index (χ3n) is 1.87. The van der Waals surface area contributed by atoms with Gasteiger partial charge in [-0.1, -0.05) is 18.6 Å². The maximum atomic E-state index is 10.8. The zero-order chi connectivity index (χ0) is 10.0. The number of hydrogen-bond acceptors (Lipinski definition) is 3. The Bertz CT molecular complexity index is 272. The highest BCUT2D eigenvalue weighted by Crippen LogP contribution is 2.22. The van der Waals surface area contributed by atoms with Crippen molar-refractivity contribution in [3.05, 3.63) is 23.5 Å². The Labute approximate surface area is 77.7 Å². The van der Waals surface area contributed by atoms with Gasteiger partial charge in [-0.2, -0.15) is 0 Å². The van der Waals surface area contributed by atoms with Crippen molar-refractivity contribution in [2.24, 2.45) is 5.92 Å².